The van der Waals surface area contributed by atoms with Gasteiger partial charge in [0.1, 0.15) is 0 Å². The highest BCUT2D eigenvalue weighted by Crippen LogP contribution is 2.20. The van der Waals surface area contributed by atoms with Crippen LogP contribution in [-0.4, -0.2) is 48.8 Å². The third-order valence-corrected chi connectivity index (χ3v) is 4.66. The molecule has 1 aromatic rings. The first-order chi connectivity index (χ1) is 11.4. The number of carbonyl (C=O) groups excluding carboxylic acids is 2. The van der Waals surface area contributed by atoms with Crippen molar-refractivity contribution in [2.24, 2.45) is 11.8 Å². The van der Waals surface area contributed by atoms with E-state index in [0.717, 1.165) is 24.8 Å². The van der Waals surface area contributed by atoms with Gasteiger partial charge in [-0.25, -0.2) is 0 Å². The lowest BCUT2D eigenvalue weighted by Crippen LogP contribution is -2.43. The summed E-state index contributed by atoms with van der Waals surface area (Å²) in [6.45, 7) is 5.80. The Labute approximate surface area is 145 Å². The number of likely N-dealkylation sites (tertiary alicyclic amines) is 1. The molecule has 0 saturated carbocycles. The zero-order valence-corrected chi connectivity index (χ0v) is 15.4. The molecule has 2 rings (SSSR count). The van der Waals surface area contributed by atoms with Gasteiger partial charge in [-0.15, -0.1) is 0 Å². The van der Waals surface area contributed by atoms with Crippen LogP contribution >= 0.6 is 0 Å². The van der Waals surface area contributed by atoms with Crippen LogP contribution in [0.4, 0.5) is 0 Å². The Morgan fingerprint density at radius 1 is 1.08 bits per heavy atom. The van der Waals surface area contributed by atoms with Gasteiger partial charge < -0.3 is 9.80 Å². The number of hydrogen-bond acceptors (Lipinski definition) is 2. The number of benzene rings is 1. The average molecular weight is 330 g/mol. The minimum Gasteiger partial charge on any atom is -0.349 e. The predicted molar refractivity (Wildman–Crippen MR) is 96.7 cm³/mol. The fourth-order valence-corrected chi connectivity index (χ4v) is 3.29. The number of nitrogens with zero attached hydrogens (tertiary/aromatic N) is 2. The number of hydrogen-bond donors (Lipinski definition) is 0. The lowest BCUT2D eigenvalue weighted by atomic mass is 9.95. The molecule has 0 unspecified atom stereocenters. The molecule has 0 radical (unpaired) electrons. The van der Waals surface area contributed by atoms with Gasteiger partial charge in [0.2, 0.25) is 11.8 Å². The molecule has 1 aliphatic heterocycles. The molecule has 0 aliphatic carbocycles. The highest BCUT2D eigenvalue weighted by Gasteiger charge is 2.28. The van der Waals surface area contributed by atoms with Gasteiger partial charge in [-0.1, -0.05) is 38.1 Å². The van der Waals surface area contributed by atoms with Crippen molar-refractivity contribution in [1.82, 2.24) is 9.80 Å². The number of piperidine rings is 1. The van der Waals surface area contributed by atoms with Gasteiger partial charge >= 0.3 is 0 Å². The topological polar surface area (TPSA) is 40.6 Å². The standard InChI is InChI=1S/C20H30N2O2/c1-15(2)13-16-5-7-17(8-6-16)14-19(23)22-11-9-18(10-12-22)20(24)21(3)4/h5-8,15,18H,9-14H2,1-4H3. The molecule has 1 aromatic carbocycles. The van der Waals surface area contributed by atoms with E-state index >= 15 is 0 Å². The number of amides is 2. The summed E-state index contributed by atoms with van der Waals surface area (Å²) in [5.41, 5.74) is 2.39. The normalized spacial score (nSPS) is 15.6. The summed E-state index contributed by atoms with van der Waals surface area (Å²) in [7, 11) is 3.59. The first-order valence-electron chi connectivity index (χ1n) is 8.93. The van der Waals surface area contributed by atoms with E-state index in [9.17, 15) is 9.59 Å². The van der Waals surface area contributed by atoms with Crippen LogP contribution in [0.25, 0.3) is 0 Å². The minimum absolute atomic E-state index is 0.0689. The molecule has 0 bridgehead atoms. The highest BCUT2D eigenvalue weighted by molar-refractivity contribution is 5.80. The number of rotatable bonds is 5. The van der Waals surface area contributed by atoms with Gasteiger partial charge in [0.05, 0.1) is 6.42 Å². The second-order valence-electron chi connectivity index (χ2n) is 7.48. The third kappa shape index (κ3) is 5.08. The molecule has 0 atom stereocenters. The molecule has 1 heterocycles. The molecule has 132 valence electrons. The minimum atomic E-state index is 0.0689. The van der Waals surface area contributed by atoms with Gasteiger partial charge in [0.25, 0.3) is 0 Å². The Morgan fingerprint density at radius 3 is 2.12 bits per heavy atom. The van der Waals surface area contributed by atoms with E-state index in [1.165, 1.54) is 5.56 Å². The van der Waals surface area contributed by atoms with Gasteiger partial charge in [-0.05, 0) is 36.3 Å². The molecule has 1 saturated heterocycles. The van der Waals surface area contributed by atoms with Crippen molar-refractivity contribution >= 4 is 11.8 Å². The second-order valence-corrected chi connectivity index (χ2v) is 7.48. The summed E-state index contributed by atoms with van der Waals surface area (Å²) in [6, 6.07) is 8.39. The van der Waals surface area contributed by atoms with Crippen molar-refractivity contribution in [3.05, 3.63) is 35.4 Å². The predicted octanol–water partition coefficient (Wildman–Crippen LogP) is 2.75. The molecule has 1 aliphatic rings. The quantitative estimate of drug-likeness (QED) is 0.833. The maximum absolute atomic E-state index is 12.5. The van der Waals surface area contributed by atoms with Gasteiger partial charge in [-0.3, -0.25) is 9.59 Å². The summed E-state index contributed by atoms with van der Waals surface area (Å²) in [5, 5.41) is 0. The first-order valence-corrected chi connectivity index (χ1v) is 8.93. The molecular weight excluding hydrogens is 300 g/mol. The van der Waals surface area contributed by atoms with Crippen molar-refractivity contribution in [2.45, 2.75) is 39.5 Å². The van der Waals surface area contributed by atoms with E-state index in [1.807, 2.05) is 4.90 Å². The lowest BCUT2D eigenvalue weighted by Gasteiger charge is -2.32. The molecule has 1 fully saturated rings. The zero-order chi connectivity index (χ0) is 17.7. The van der Waals surface area contributed by atoms with E-state index in [-0.39, 0.29) is 17.7 Å². The third-order valence-electron chi connectivity index (χ3n) is 4.66. The van der Waals surface area contributed by atoms with Crippen molar-refractivity contribution in [3.63, 3.8) is 0 Å². The van der Waals surface area contributed by atoms with E-state index in [1.54, 1.807) is 19.0 Å². The van der Waals surface area contributed by atoms with E-state index in [4.69, 9.17) is 0 Å². The van der Waals surface area contributed by atoms with Crippen LogP contribution in [0.1, 0.15) is 37.8 Å². The largest absolute Gasteiger partial charge is 0.349 e. The van der Waals surface area contributed by atoms with Crippen molar-refractivity contribution in [1.29, 1.82) is 0 Å². The van der Waals surface area contributed by atoms with Crippen LogP contribution in [0.3, 0.4) is 0 Å². The highest BCUT2D eigenvalue weighted by atomic mass is 16.2. The van der Waals surface area contributed by atoms with Crippen LogP contribution in [0.15, 0.2) is 24.3 Å². The smallest absolute Gasteiger partial charge is 0.226 e. The Kier molecular flexibility index (Phi) is 6.41. The van der Waals surface area contributed by atoms with Gasteiger partial charge in [0, 0.05) is 33.1 Å². The second kappa shape index (κ2) is 8.32. The Bertz CT molecular complexity index is 556. The molecule has 2 amide bonds. The maximum atomic E-state index is 12.5. The monoisotopic (exact) mass is 330 g/mol. The molecule has 0 aromatic heterocycles. The molecule has 4 heteroatoms. The Hall–Kier alpha value is -1.84. The SMILES string of the molecule is CC(C)Cc1ccc(CC(=O)N2CCC(C(=O)N(C)C)CC2)cc1. The maximum Gasteiger partial charge on any atom is 0.226 e. The lowest BCUT2D eigenvalue weighted by molar-refractivity contribution is -0.138. The van der Waals surface area contributed by atoms with Crippen LogP contribution in [-0.2, 0) is 22.4 Å². The Morgan fingerprint density at radius 2 is 1.62 bits per heavy atom. The van der Waals surface area contributed by atoms with E-state index in [0.29, 0.717) is 25.4 Å². The summed E-state index contributed by atoms with van der Waals surface area (Å²) in [5.74, 6) is 1.06. The Balaban J connectivity index is 1.84. The van der Waals surface area contributed by atoms with E-state index < -0.39 is 0 Å². The van der Waals surface area contributed by atoms with Gasteiger partial charge in [-0.2, -0.15) is 0 Å². The van der Waals surface area contributed by atoms with E-state index in [2.05, 4.69) is 38.1 Å². The van der Waals surface area contributed by atoms with Crippen LogP contribution < -0.4 is 0 Å². The summed E-state index contributed by atoms with van der Waals surface area (Å²) < 4.78 is 0. The van der Waals surface area contributed by atoms with Crippen LogP contribution in [0.2, 0.25) is 0 Å². The summed E-state index contributed by atoms with van der Waals surface area (Å²) in [4.78, 5) is 28.0. The zero-order valence-electron chi connectivity index (χ0n) is 15.4. The molecule has 0 spiro atoms. The summed E-state index contributed by atoms with van der Waals surface area (Å²) >= 11 is 0. The van der Waals surface area contributed by atoms with Crippen molar-refractivity contribution < 1.29 is 9.59 Å². The fraction of sp³-hybridized carbons (Fsp3) is 0.600. The van der Waals surface area contributed by atoms with Gasteiger partial charge in [0.15, 0.2) is 0 Å². The van der Waals surface area contributed by atoms with Crippen LogP contribution in [0, 0.1) is 11.8 Å². The number of carbonyl (C=O) groups is 2. The van der Waals surface area contributed by atoms with Crippen molar-refractivity contribution in [3.8, 4) is 0 Å². The first kappa shape index (κ1) is 18.5. The molecular formula is C20H30N2O2. The average Bonchev–Trinajstić information content (AvgIpc) is 2.55. The molecule has 4 nitrogen and oxygen atoms in total. The van der Waals surface area contributed by atoms with Crippen molar-refractivity contribution in [2.75, 3.05) is 27.2 Å². The molecule has 24 heavy (non-hydrogen) atoms. The summed E-state index contributed by atoms with van der Waals surface area (Å²) in [6.07, 6.45) is 3.07. The fourth-order valence-electron chi connectivity index (χ4n) is 3.29. The van der Waals surface area contributed by atoms with Crippen LogP contribution in [0.5, 0.6) is 0 Å². The molecule has 0 N–H and O–H groups in total.